The highest BCUT2D eigenvalue weighted by atomic mass is 16.4. The molecule has 7 nitrogen and oxygen atoms in total. The number of hydrogen-bond donors (Lipinski definition) is 2. The molecule has 21 heavy (non-hydrogen) atoms. The molecule has 0 atom stereocenters. The molecule has 0 aromatic carbocycles. The molecule has 0 spiro atoms. The van der Waals surface area contributed by atoms with Gasteiger partial charge in [-0.3, -0.25) is 4.57 Å². The topological polar surface area (TPSA) is 93.2 Å². The third kappa shape index (κ3) is 2.92. The van der Waals surface area contributed by atoms with E-state index in [2.05, 4.69) is 15.3 Å². The lowest BCUT2D eigenvalue weighted by molar-refractivity contribution is 0.0660. The number of carboxylic acids is 1. The van der Waals surface area contributed by atoms with Crippen LogP contribution < -0.4 is 5.32 Å². The van der Waals surface area contributed by atoms with Gasteiger partial charge >= 0.3 is 5.97 Å². The van der Waals surface area contributed by atoms with Crippen molar-refractivity contribution in [2.45, 2.75) is 6.54 Å². The van der Waals surface area contributed by atoms with Gasteiger partial charge in [-0.1, -0.05) is 0 Å². The van der Waals surface area contributed by atoms with Crippen LogP contribution in [0.2, 0.25) is 0 Å². The van der Waals surface area contributed by atoms with Crippen molar-refractivity contribution in [1.82, 2.24) is 14.5 Å². The lowest BCUT2D eigenvalue weighted by Crippen LogP contribution is -2.00. The van der Waals surface area contributed by atoms with Gasteiger partial charge in [-0.25, -0.2) is 14.8 Å². The van der Waals surface area contributed by atoms with Gasteiger partial charge in [0.1, 0.15) is 17.9 Å². The summed E-state index contributed by atoms with van der Waals surface area (Å²) in [6.07, 6.45) is 6.86. The molecule has 0 radical (unpaired) electrons. The molecule has 0 bridgehead atoms. The number of nitrogens with zero attached hydrogens (tertiary/aromatic N) is 3. The molecule has 106 valence electrons. The van der Waals surface area contributed by atoms with Crippen molar-refractivity contribution in [3.05, 3.63) is 60.7 Å². The van der Waals surface area contributed by atoms with E-state index in [-0.39, 0.29) is 5.76 Å². The number of hydrogen-bond acceptors (Lipinski definition) is 5. The molecule has 0 aliphatic carbocycles. The number of carbonyl (C=O) groups is 1. The molecule has 3 rings (SSSR count). The van der Waals surface area contributed by atoms with Crippen molar-refractivity contribution >= 4 is 11.7 Å². The zero-order valence-corrected chi connectivity index (χ0v) is 10.9. The number of aromatic carboxylic acids is 1. The van der Waals surface area contributed by atoms with Crippen LogP contribution in [0.3, 0.4) is 0 Å². The minimum atomic E-state index is -1.08. The average Bonchev–Trinajstić information content (AvgIpc) is 3.17. The summed E-state index contributed by atoms with van der Waals surface area (Å²) in [6, 6.07) is 6.79. The molecular formula is C14H12N4O3. The summed E-state index contributed by atoms with van der Waals surface area (Å²) in [6.45, 7) is 0.388. The van der Waals surface area contributed by atoms with Crippen LogP contribution in [0.25, 0.3) is 5.82 Å². The second-order valence-corrected chi connectivity index (χ2v) is 4.30. The summed E-state index contributed by atoms with van der Waals surface area (Å²) in [5.74, 6) is 0.170. The van der Waals surface area contributed by atoms with Gasteiger partial charge in [0, 0.05) is 12.4 Å². The number of aromatic nitrogens is 3. The molecule has 0 aliphatic rings. The Balaban J connectivity index is 1.64. The maximum atomic E-state index is 10.7. The molecular weight excluding hydrogens is 272 g/mol. The molecule has 3 aromatic rings. The molecule has 0 saturated heterocycles. The second kappa shape index (κ2) is 5.49. The van der Waals surface area contributed by atoms with Gasteiger partial charge in [0.2, 0.25) is 5.76 Å². The third-order valence-electron chi connectivity index (χ3n) is 2.86. The minimum Gasteiger partial charge on any atom is -0.475 e. The molecule has 7 heteroatoms. The van der Waals surface area contributed by atoms with Crippen LogP contribution in [-0.4, -0.2) is 25.6 Å². The summed E-state index contributed by atoms with van der Waals surface area (Å²) < 4.78 is 6.96. The lowest BCUT2D eigenvalue weighted by Gasteiger charge is -2.05. The van der Waals surface area contributed by atoms with Gasteiger partial charge in [-0.2, -0.15) is 0 Å². The van der Waals surface area contributed by atoms with E-state index < -0.39 is 5.97 Å². The Morgan fingerprint density at radius 1 is 1.33 bits per heavy atom. The van der Waals surface area contributed by atoms with Crippen LogP contribution in [0.5, 0.6) is 0 Å². The predicted molar refractivity (Wildman–Crippen MR) is 74.4 cm³/mol. The second-order valence-electron chi connectivity index (χ2n) is 4.30. The van der Waals surface area contributed by atoms with Crippen molar-refractivity contribution < 1.29 is 14.3 Å². The van der Waals surface area contributed by atoms with Crippen LogP contribution in [-0.2, 0) is 6.54 Å². The fraction of sp³-hybridized carbons (Fsp3) is 0.0714. The summed E-state index contributed by atoms with van der Waals surface area (Å²) in [7, 11) is 0. The third-order valence-corrected chi connectivity index (χ3v) is 2.86. The molecule has 0 amide bonds. The Hall–Kier alpha value is -3.09. The number of furan rings is 1. The Morgan fingerprint density at radius 3 is 2.86 bits per heavy atom. The Labute approximate surface area is 119 Å². The lowest BCUT2D eigenvalue weighted by atomic mass is 10.3. The highest BCUT2D eigenvalue weighted by Gasteiger charge is 2.08. The number of nitrogens with one attached hydrogen (secondary N) is 1. The normalized spacial score (nSPS) is 10.5. The van der Waals surface area contributed by atoms with E-state index in [9.17, 15) is 4.79 Å². The monoisotopic (exact) mass is 284 g/mol. The van der Waals surface area contributed by atoms with Gasteiger partial charge in [0.15, 0.2) is 0 Å². The number of anilines is 1. The summed E-state index contributed by atoms with van der Waals surface area (Å²) in [5.41, 5.74) is 0.812. The number of rotatable bonds is 5. The van der Waals surface area contributed by atoms with Gasteiger partial charge in [-0.05, 0) is 24.3 Å². The molecule has 2 N–H and O–H groups in total. The quantitative estimate of drug-likeness (QED) is 0.745. The maximum absolute atomic E-state index is 10.7. The van der Waals surface area contributed by atoms with Crippen LogP contribution >= 0.6 is 0 Å². The Kier molecular flexibility index (Phi) is 3.38. The zero-order chi connectivity index (χ0) is 14.7. The van der Waals surface area contributed by atoms with Crippen molar-refractivity contribution in [3.8, 4) is 5.82 Å². The SMILES string of the molecule is O=C(O)c1ccc(CNc2ccc(-n3ccnc3)nc2)o1. The molecule has 3 aromatic heterocycles. The zero-order valence-electron chi connectivity index (χ0n) is 10.9. The van der Waals surface area contributed by atoms with E-state index in [1.807, 2.05) is 18.3 Å². The largest absolute Gasteiger partial charge is 0.475 e. The van der Waals surface area contributed by atoms with Crippen LogP contribution in [0.1, 0.15) is 16.3 Å². The molecule has 0 unspecified atom stereocenters. The van der Waals surface area contributed by atoms with E-state index in [0.717, 1.165) is 11.5 Å². The predicted octanol–water partition coefficient (Wildman–Crippen LogP) is 2.17. The van der Waals surface area contributed by atoms with E-state index in [0.29, 0.717) is 12.3 Å². The van der Waals surface area contributed by atoms with E-state index in [1.165, 1.54) is 6.07 Å². The summed E-state index contributed by atoms with van der Waals surface area (Å²) in [5, 5.41) is 11.9. The first kappa shape index (κ1) is 12.9. The molecule has 0 aliphatic heterocycles. The van der Waals surface area contributed by atoms with Crippen LogP contribution in [0.15, 0.2) is 53.6 Å². The van der Waals surface area contributed by atoms with Crippen molar-refractivity contribution in [1.29, 1.82) is 0 Å². The molecule has 0 saturated carbocycles. The fourth-order valence-corrected chi connectivity index (χ4v) is 1.82. The number of pyridine rings is 1. The van der Waals surface area contributed by atoms with Crippen LogP contribution in [0.4, 0.5) is 5.69 Å². The van der Waals surface area contributed by atoms with Gasteiger partial charge in [-0.15, -0.1) is 0 Å². The van der Waals surface area contributed by atoms with E-state index in [4.69, 9.17) is 9.52 Å². The maximum Gasteiger partial charge on any atom is 0.371 e. The van der Waals surface area contributed by atoms with Crippen molar-refractivity contribution in [2.75, 3.05) is 5.32 Å². The molecule has 3 heterocycles. The Bertz CT molecular complexity index is 732. The van der Waals surface area contributed by atoms with Crippen molar-refractivity contribution in [3.63, 3.8) is 0 Å². The molecule has 0 fully saturated rings. The van der Waals surface area contributed by atoms with Gasteiger partial charge < -0.3 is 14.8 Å². The highest BCUT2D eigenvalue weighted by molar-refractivity contribution is 5.84. The number of carboxylic acid groups (broad SMARTS) is 1. The van der Waals surface area contributed by atoms with Gasteiger partial charge in [0.25, 0.3) is 0 Å². The minimum absolute atomic E-state index is 0.0691. The van der Waals surface area contributed by atoms with Gasteiger partial charge in [0.05, 0.1) is 18.4 Å². The summed E-state index contributed by atoms with van der Waals surface area (Å²) >= 11 is 0. The number of imidazole rings is 1. The van der Waals surface area contributed by atoms with Crippen LogP contribution in [0, 0.1) is 0 Å². The Morgan fingerprint density at radius 2 is 2.24 bits per heavy atom. The highest BCUT2D eigenvalue weighted by Crippen LogP contribution is 2.13. The standard InChI is InChI=1S/C14H12N4O3/c19-14(20)12-3-2-11(21-12)8-16-10-1-4-13(17-7-10)18-6-5-15-9-18/h1-7,9,16H,8H2,(H,19,20). The first-order chi connectivity index (χ1) is 10.2. The first-order valence-corrected chi connectivity index (χ1v) is 6.22. The summed E-state index contributed by atoms with van der Waals surface area (Å²) in [4.78, 5) is 19.0. The first-order valence-electron chi connectivity index (χ1n) is 6.22. The van der Waals surface area contributed by atoms with Crippen molar-refractivity contribution in [2.24, 2.45) is 0 Å². The smallest absolute Gasteiger partial charge is 0.371 e. The average molecular weight is 284 g/mol. The van der Waals surface area contributed by atoms with E-state index in [1.54, 1.807) is 29.4 Å². The van der Waals surface area contributed by atoms with E-state index >= 15 is 0 Å². The fourth-order valence-electron chi connectivity index (χ4n) is 1.82.